The summed E-state index contributed by atoms with van der Waals surface area (Å²) >= 11 is 0. The zero-order chi connectivity index (χ0) is 7.56. The fourth-order valence-electron chi connectivity index (χ4n) is 0.999. The van der Waals surface area contributed by atoms with Crippen LogP contribution in [-0.2, 0) is 9.31 Å². The summed E-state index contributed by atoms with van der Waals surface area (Å²) in [5.41, 5.74) is 0. The van der Waals surface area contributed by atoms with E-state index in [0.29, 0.717) is 11.7 Å². The van der Waals surface area contributed by atoms with E-state index in [2.05, 4.69) is 20.8 Å². The van der Waals surface area contributed by atoms with Gasteiger partial charge in [-0.3, -0.25) is 0 Å². The molecule has 1 aliphatic rings. The molecule has 1 aliphatic heterocycles. The van der Waals surface area contributed by atoms with Crippen molar-refractivity contribution in [2.75, 3.05) is 13.2 Å². The van der Waals surface area contributed by atoms with Gasteiger partial charge < -0.3 is 9.31 Å². The lowest BCUT2D eigenvalue weighted by molar-refractivity contribution is 0.0839. The highest BCUT2D eigenvalue weighted by Crippen LogP contribution is 2.16. The number of rotatable bonds is 1. The highest BCUT2D eigenvalue weighted by Gasteiger charge is 2.27. The maximum Gasteiger partial charge on any atom is 0.459 e. The summed E-state index contributed by atoms with van der Waals surface area (Å²) in [7, 11) is 0.0381. The van der Waals surface area contributed by atoms with E-state index in [1.165, 1.54) is 0 Å². The lowest BCUT2D eigenvalue weighted by Gasteiger charge is -2.26. The molecule has 0 aliphatic carbocycles. The fourth-order valence-corrected chi connectivity index (χ4v) is 0.999. The molecule has 1 fully saturated rings. The van der Waals surface area contributed by atoms with Gasteiger partial charge in [-0.1, -0.05) is 20.8 Å². The minimum Gasteiger partial charge on any atom is -0.411 e. The average molecular weight is 142 g/mol. The first kappa shape index (κ1) is 8.09. The predicted octanol–water partition coefficient (Wildman–Crippen LogP) is 1.57. The molecule has 0 aromatic carbocycles. The molecule has 1 saturated heterocycles. The third kappa shape index (κ3) is 1.99. The SMILES string of the molecule is CC1COB(C(C)C)OC1. The third-order valence-electron chi connectivity index (χ3n) is 1.63. The van der Waals surface area contributed by atoms with Crippen molar-refractivity contribution in [1.82, 2.24) is 0 Å². The van der Waals surface area contributed by atoms with Crippen LogP contribution in [0.5, 0.6) is 0 Å². The second-order valence-electron chi connectivity index (χ2n) is 3.38. The van der Waals surface area contributed by atoms with Gasteiger partial charge in [0.2, 0.25) is 0 Å². The van der Waals surface area contributed by atoms with E-state index in [4.69, 9.17) is 9.31 Å². The molecular formula is C7H15BO2. The lowest BCUT2D eigenvalue weighted by Crippen LogP contribution is -2.36. The second kappa shape index (κ2) is 3.40. The lowest BCUT2D eigenvalue weighted by atomic mass is 9.73. The van der Waals surface area contributed by atoms with Crippen molar-refractivity contribution in [2.24, 2.45) is 5.92 Å². The second-order valence-corrected chi connectivity index (χ2v) is 3.38. The molecule has 10 heavy (non-hydrogen) atoms. The van der Waals surface area contributed by atoms with Crippen LogP contribution in [0.4, 0.5) is 0 Å². The molecule has 1 heterocycles. The van der Waals surface area contributed by atoms with Gasteiger partial charge in [-0.15, -0.1) is 0 Å². The molecule has 0 saturated carbocycles. The Labute approximate surface area is 63.0 Å². The van der Waals surface area contributed by atoms with Crippen LogP contribution in [0.2, 0.25) is 5.82 Å². The summed E-state index contributed by atoms with van der Waals surface area (Å²) in [4.78, 5) is 0. The minimum absolute atomic E-state index is 0.0381. The van der Waals surface area contributed by atoms with Crippen LogP contribution >= 0.6 is 0 Å². The van der Waals surface area contributed by atoms with Crippen molar-refractivity contribution in [3.8, 4) is 0 Å². The number of hydrogen-bond donors (Lipinski definition) is 0. The van der Waals surface area contributed by atoms with Gasteiger partial charge in [0, 0.05) is 13.2 Å². The van der Waals surface area contributed by atoms with Crippen molar-refractivity contribution < 1.29 is 9.31 Å². The van der Waals surface area contributed by atoms with E-state index in [1.54, 1.807) is 0 Å². The van der Waals surface area contributed by atoms with E-state index >= 15 is 0 Å². The molecule has 3 heteroatoms. The van der Waals surface area contributed by atoms with Gasteiger partial charge in [-0.2, -0.15) is 0 Å². The smallest absolute Gasteiger partial charge is 0.411 e. The van der Waals surface area contributed by atoms with E-state index < -0.39 is 0 Å². The average Bonchev–Trinajstić information content (AvgIpc) is 1.88. The van der Waals surface area contributed by atoms with Crippen molar-refractivity contribution in [3.63, 3.8) is 0 Å². The van der Waals surface area contributed by atoms with Crippen molar-refractivity contribution in [2.45, 2.75) is 26.6 Å². The zero-order valence-electron chi connectivity index (χ0n) is 6.96. The van der Waals surface area contributed by atoms with E-state index in [1.807, 2.05) is 0 Å². The highest BCUT2D eigenvalue weighted by molar-refractivity contribution is 6.46. The molecular weight excluding hydrogens is 127 g/mol. The van der Waals surface area contributed by atoms with Crippen LogP contribution in [-0.4, -0.2) is 20.3 Å². The summed E-state index contributed by atoms with van der Waals surface area (Å²) in [5, 5.41) is 0. The Hall–Kier alpha value is -0.0151. The molecule has 0 radical (unpaired) electrons. The first-order chi connectivity index (χ1) is 4.70. The maximum absolute atomic E-state index is 5.43. The summed E-state index contributed by atoms with van der Waals surface area (Å²) in [6.45, 7) is 8.06. The van der Waals surface area contributed by atoms with E-state index in [-0.39, 0.29) is 7.12 Å². The molecule has 0 aromatic heterocycles. The maximum atomic E-state index is 5.43. The standard InChI is InChI=1S/C7H15BO2/c1-6(2)8-9-4-7(3)5-10-8/h6-7H,4-5H2,1-3H3. The van der Waals surface area contributed by atoms with Crippen molar-refractivity contribution in [1.29, 1.82) is 0 Å². The van der Waals surface area contributed by atoms with Gasteiger partial charge in [-0.05, 0) is 11.7 Å². The van der Waals surface area contributed by atoms with Crippen LogP contribution < -0.4 is 0 Å². The van der Waals surface area contributed by atoms with Crippen LogP contribution in [0, 0.1) is 5.92 Å². The summed E-state index contributed by atoms with van der Waals surface area (Å²) in [6.07, 6.45) is 0. The number of hydrogen-bond acceptors (Lipinski definition) is 2. The van der Waals surface area contributed by atoms with Crippen LogP contribution in [0.1, 0.15) is 20.8 Å². The molecule has 2 nitrogen and oxygen atoms in total. The van der Waals surface area contributed by atoms with E-state index in [9.17, 15) is 0 Å². The van der Waals surface area contributed by atoms with E-state index in [0.717, 1.165) is 13.2 Å². The Kier molecular flexibility index (Phi) is 2.75. The van der Waals surface area contributed by atoms with Gasteiger partial charge in [0.25, 0.3) is 0 Å². The van der Waals surface area contributed by atoms with Gasteiger partial charge in [0.05, 0.1) is 0 Å². The Balaban J connectivity index is 2.26. The summed E-state index contributed by atoms with van der Waals surface area (Å²) in [5.74, 6) is 1.04. The molecule has 0 unspecified atom stereocenters. The van der Waals surface area contributed by atoms with Crippen molar-refractivity contribution >= 4 is 7.12 Å². The highest BCUT2D eigenvalue weighted by atomic mass is 16.6. The first-order valence-corrected chi connectivity index (χ1v) is 3.93. The monoisotopic (exact) mass is 142 g/mol. The predicted molar refractivity (Wildman–Crippen MR) is 41.9 cm³/mol. The summed E-state index contributed by atoms with van der Waals surface area (Å²) in [6, 6.07) is 0. The molecule has 0 N–H and O–H groups in total. The third-order valence-corrected chi connectivity index (χ3v) is 1.63. The molecule has 0 spiro atoms. The molecule has 1 rings (SSSR count). The Bertz CT molecular complexity index is 97.8. The summed E-state index contributed by atoms with van der Waals surface area (Å²) < 4.78 is 10.9. The fraction of sp³-hybridized carbons (Fsp3) is 1.00. The molecule has 0 aromatic rings. The molecule has 0 bridgehead atoms. The topological polar surface area (TPSA) is 18.5 Å². The minimum atomic E-state index is 0.0381. The van der Waals surface area contributed by atoms with Gasteiger partial charge in [-0.25, -0.2) is 0 Å². The molecule has 0 atom stereocenters. The Morgan fingerprint density at radius 3 is 2.20 bits per heavy atom. The quantitative estimate of drug-likeness (QED) is 0.517. The van der Waals surface area contributed by atoms with Crippen LogP contribution in [0.15, 0.2) is 0 Å². The largest absolute Gasteiger partial charge is 0.459 e. The Morgan fingerprint density at radius 2 is 1.80 bits per heavy atom. The normalized spacial score (nSPS) is 22.2. The first-order valence-electron chi connectivity index (χ1n) is 3.93. The van der Waals surface area contributed by atoms with Crippen LogP contribution in [0.25, 0.3) is 0 Å². The molecule has 58 valence electrons. The van der Waals surface area contributed by atoms with Crippen molar-refractivity contribution in [3.05, 3.63) is 0 Å². The van der Waals surface area contributed by atoms with Crippen LogP contribution in [0.3, 0.4) is 0 Å². The van der Waals surface area contributed by atoms with Gasteiger partial charge in [0.1, 0.15) is 0 Å². The van der Waals surface area contributed by atoms with Gasteiger partial charge in [0.15, 0.2) is 0 Å². The zero-order valence-corrected chi connectivity index (χ0v) is 6.96. The van der Waals surface area contributed by atoms with Gasteiger partial charge >= 0.3 is 7.12 Å². The molecule has 0 amide bonds. The Morgan fingerprint density at radius 1 is 1.30 bits per heavy atom.